The maximum Gasteiger partial charge on any atom is 0.189 e. The van der Waals surface area contributed by atoms with Gasteiger partial charge in [-0.15, -0.1) is 0 Å². The van der Waals surface area contributed by atoms with Gasteiger partial charge in [0.25, 0.3) is 0 Å². The fraction of sp³-hybridized carbons (Fsp3) is 0.714. The summed E-state index contributed by atoms with van der Waals surface area (Å²) in [7, 11) is 0. The number of halogens is 1. The van der Waals surface area contributed by atoms with E-state index in [2.05, 4.69) is 37.9 Å². The number of hydrogen-bond donors (Lipinski definition) is 2. The summed E-state index contributed by atoms with van der Waals surface area (Å²) in [5.41, 5.74) is 0. The summed E-state index contributed by atoms with van der Waals surface area (Å²) in [4.78, 5) is 8.79. The van der Waals surface area contributed by atoms with Crippen molar-refractivity contribution in [1.29, 1.82) is 0 Å². The van der Waals surface area contributed by atoms with E-state index in [0.29, 0.717) is 0 Å². The number of hydrogen-bond acceptors (Lipinski definition) is 7. The highest BCUT2D eigenvalue weighted by atomic mass is 127. The van der Waals surface area contributed by atoms with Crippen LogP contribution in [0.4, 0.5) is 5.82 Å². The average molecular weight is 437 g/mol. The first-order valence-electron chi connectivity index (χ1n) is 7.23. The number of nitrogens with zero attached hydrogens (tertiary/aromatic N) is 2. The van der Waals surface area contributed by atoms with Crippen LogP contribution in [0.5, 0.6) is 0 Å². The Morgan fingerprint density at radius 1 is 1.45 bits per heavy atom. The third-order valence-electron chi connectivity index (χ3n) is 4.04. The van der Waals surface area contributed by atoms with Crippen LogP contribution in [-0.4, -0.2) is 52.0 Å². The predicted octanol–water partition coefficient (Wildman–Crippen LogP) is 2.12. The third-order valence-corrected chi connectivity index (χ3v) is 5.39. The zero-order chi connectivity index (χ0) is 15.9. The van der Waals surface area contributed by atoms with Crippen molar-refractivity contribution in [3.63, 3.8) is 0 Å². The van der Waals surface area contributed by atoms with E-state index in [0.717, 1.165) is 21.0 Å². The monoisotopic (exact) mass is 437 g/mol. The highest BCUT2D eigenvalue weighted by Crippen LogP contribution is 2.42. The Hall–Kier alpha value is -0.160. The SMILES string of the molecule is CSc1ncc(I)c(N[C@@H]2C[C@H](CO)[C@H]3OC(C)(C)O[C@H]32)n1. The lowest BCUT2D eigenvalue weighted by Crippen LogP contribution is -2.35. The van der Waals surface area contributed by atoms with E-state index in [9.17, 15) is 5.11 Å². The van der Waals surface area contributed by atoms with E-state index in [1.165, 1.54) is 11.8 Å². The molecule has 1 saturated heterocycles. The third kappa shape index (κ3) is 3.21. The van der Waals surface area contributed by atoms with Crippen molar-refractivity contribution in [2.75, 3.05) is 18.2 Å². The molecule has 0 spiro atoms. The van der Waals surface area contributed by atoms with Gasteiger partial charge in [-0.3, -0.25) is 0 Å². The van der Waals surface area contributed by atoms with Crippen molar-refractivity contribution < 1.29 is 14.6 Å². The van der Waals surface area contributed by atoms with E-state index < -0.39 is 5.79 Å². The molecule has 1 aliphatic carbocycles. The first-order valence-corrected chi connectivity index (χ1v) is 9.53. The zero-order valence-corrected chi connectivity index (χ0v) is 15.7. The second kappa shape index (κ2) is 6.39. The van der Waals surface area contributed by atoms with E-state index in [1.54, 1.807) is 0 Å². The fourth-order valence-electron chi connectivity index (χ4n) is 3.13. The summed E-state index contributed by atoms with van der Waals surface area (Å²) in [5, 5.41) is 13.8. The number of thioether (sulfide) groups is 1. The lowest BCUT2D eigenvalue weighted by atomic mass is 10.1. The number of rotatable bonds is 4. The second-order valence-corrected chi connectivity index (χ2v) is 7.98. The van der Waals surface area contributed by atoms with Gasteiger partial charge in [0.2, 0.25) is 0 Å². The summed E-state index contributed by atoms with van der Waals surface area (Å²) in [6, 6.07) is 0.0713. The molecular formula is C14H20IN3O3S. The van der Waals surface area contributed by atoms with E-state index >= 15 is 0 Å². The summed E-state index contributed by atoms with van der Waals surface area (Å²) < 4.78 is 13.0. The van der Waals surface area contributed by atoms with Crippen molar-refractivity contribution in [2.24, 2.45) is 5.92 Å². The van der Waals surface area contributed by atoms with Crippen molar-refractivity contribution in [1.82, 2.24) is 9.97 Å². The molecule has 4 atom stereocenters. The molecule has 1 aliphatic heterocycles. The van der Waals surface area contributed by atoms with Gasteiger partial charge in [-0.05, 0) is 49.1 Å². The molecule has 8 heteroatoms. The van der Waals surface area contributed by atoms with E-state index in [1.807, 2.05) is 26.3 Å². The molecule has 0 unspecified atom stereocenters. The topological polar surface area (TPSA) is 76.5 Å². The highest BCUT2D eigenvalue weighted by Gasteiger charge is 2.53. The van der Waals surface area contributed by atoms with Crippen molar-refractivity contribution in [3.05, 3.63) is 9.77 Å². The first kappa shape index (κ1) is 16.7. The van der Waals surface area contributed by atoms with Gasteiger partial charge < -0.3 is 19.9 Å². The number of aromatic nitrogens is 2. The Balaban J connectivity index is 1.80. The molecule has 1 aromatic rings. The molecular weight excluding hydrogens is 417 g/mol. The van der Waals surface area contributed by atoms with Crippen LogP contribution >= 0.6 is 34.4 Å². The molecule has 1 saturated carbocycles. The van der Waals surface area contributed by atoms with Crippen LogP contribution in [0.3, 0.4) is 0 Å². The predicted molar refractivity (Wildman–Crippen MR) is 93.0 cm³/mol. The second-order valence-electron chi connectivity index (χ2n) is 6.05. The molecule has 2 heterocycles. The zero-order valence-electron chi connectivity index (χ0n) is 12.7. The van der Waals surface area contributed by atoms with Crippen molar-refractivity contribution in [2.45, 2.75) is 49.5 Å². The molecule has 2 aliphatic rings. The number of nitrogens with one attached hydrogen (secondary N) is 1. The Bertz CT molecular complexity index is 560. The molecule has 6 nitrogen and oxygen atoms in total. The number of ether oxygens (including phenoxy) is 2. The van der Waals surface area contributed by atoms with Crippen LogP contribution in [-0.2, 0) is 9.47 Å². The van der Waals surface area contributed by atoms with Gasteiger partial charge in [-0.2, -0.15) is 0 Å². The molecule has 2 fully saturated rings. The number of fused-ring (bicyclic) bond motifs is 1. The van der Waals surface area contributed by atoms with E-state index in [4.69, 9.17) is 9.47 Å². The van der Waals surface area contributed by atoms with Gasteiger partial charge in [0.1, 0.15) is 11.9 Å². The van der Waals surface area contributed by atoms with Gasteiger partial charge in [0, 0.05) is 18.7 Å². The van der Waals surface area contributed by atoms with Gasteiger partial charge >= 0.3 is 0 Å². The van der Waals surface area contributed by atoms with Crippen LogP contribution in [0.15, 0.2) is 11.4 Å². The van der Waals surface area contributed by atoms with Gasteiger partial charge in [0.05, 0.1) is 15.7 Å². The van der Waals surface area contributed by atoms with Gasteiger partial charge in [0.15, 0.2) is 10.9 Å². The largest absolute Gasteiger partial charge is 0.396 e. The highest BCUT2D eigenvalue weighted by molar-refractivity contribution is 14.1. The van der Waals surface area contributed by atoms with Crippen LogP contribution in [0, 0.1) is 9.49 Å². The Labute approximate surface area is 147 Å². The van der Waals surface area contributed by atoms with Gasteiger partial charge in [-0.25, -0.2) is 9.97 Å². The number of aliphatic hydroxyl groups excluding tert-OH is 1. The first-order chi connectivity index (χ1) is 10.4. The van der Waals surface area contributed by atoms with Crippen LogP contribution in [0.25, 0.3) is 0 Å². The summed E-state index contributed by atoms with van der Waals surface area (Å²) in [5.74, 6) is 0.297. The lowest BCUT2D eigenvalue weighted by molar-refractivity contribution is -0.158. The number of aliphatic hydroxyl groups is 1. The smallest absolute Gasteiger partial charge is 0.189 e. The van der Waals surface area contributed by atoms with E-state index in [-0.39, 0.29) is 30.8 Å². The number of anilines is 1. The summed E-state index contributed by atoms with van der Waals surface area (Å²) in [6.45, 7) is 3.93. The minimum atomic E-state index is -0.605. The fourth-order valence-corrected chi connectivity index (χ4v) is 3.89. The van der Waals surface area contributed by atoms with Gasteiger partial charge in [-0.1, -0.05) is 11.8 Å². The molecule has 0 aromatic carbocycles. The molecule has 1 aromatic heterocycles. The summed E-state index contributed by atoms with van der Waals surface area (Å²) >= 11 is 3.74. The molecule has 0 bridgehead atoms. The average Bonchev–Trinajstić information content (AvgIpc) is 2.95. The molecule has 122 valence electrons. The Morgan fingerprint density at radius 3 is 2.86 bits per heavy atom. The quantitative estimate of drug-likeness (QED) is 0.425. The molecule has 22 heavy (non-hydrogen) atoms. The molecule has 3 rings (SSSR count). The minimum absolute atomic E-state index is 0.0713. The lowest BCUT2D eigenvalue weighted by Gasteiger charge is -2.24. The maximum atomic E-state index is 9.61. The van der Waals surface area contributed by atoms with Crippen LogP contribution in [0.1, 0.15) is 20.3 Å². The standard InChI is InChI=1S/C14H20IN3O3S/c1-14(2)20-10-7(6-19)4-9(11(10)21-14)17-12-8(15)5-16-13(18-12)22-3/h5,7,9-11,19H,4,6H2,1-3H3,(H,16,17,18)/t7-,9-,10-,11+/m1/s1. The molecule has 2 N–H and O–H groups in total. The van der Waals surface area contributed by atoms with Crippen molar-refractivity contribution >= 4 is 40.2 Å². The van der Waals surface area contributed by atoms with Crippen molar-refractivity contribution in [3.8, 4) is 0 Å². The Morgan fingerprint density at radius 2 is 2.18 bits per heavy atom. The normalized spacial score (nSPS) is 33.0. The maximum absolute atomic E-state index is 9.61. The molecule has 0 amide bonds. The van der Waals surface area contributed by atoms with Crippen LogP contribution < -0.4 is 5.32 Å². The molecule has 0 radical (unpaired) electrons. The minimum Gasteiger partial charge on any atom is -0.396 e. The Kier molecular flexibility index (Phi) is 4.84. The van der Waals surface area contributed by atoms with Crippen LogP contribution in [0.2, 0.25) is 0 Å². The summed E-state index contributed by atoms with van der Waals surface area (Å²) in [6.07, 6.45) is 4.42.